The number of ether oxygens (including phenoxy) is 2. The average Bonchev–Trinajstić information content (AvgIpc) is 3.61. The van der Waals surface area contributed by atoms with Crippen LogP contribution in [0.3, 0.4) is 0 Å². The van der Waals surface area contributed by atoms with Gasteiger partial charge >= 0.3 is 0 Å². The molecule has 5 heteroatoms. The van der Waals surface area contributed by atoms with Gasteiger partial charge in [0.2, 0.25) is 5.91 Å². The van der Waals surface area contributed by atoms with E-state index in [0.717, 1.165) is 57.6 Å². The second-order valence-corrected chi connectivity index (χ2v) is 8.56. The zero-order chi connectivity index (χ0) is 22.1. The number of carbonyl (C=O) groups is 1. The summed E-state index contributed by atoms with van der Waals surface area (Å²) < 4.78 is 11.1. The predicted molar refractivity (Wildman–Crippen MR) is 123 cm³/mol. The number of amides is 1. The van der Waals surface area contributed by atoms with E-state index in [1.807, 2.05) is 43.0 Å². The van der Waals surface area contributed by atoms with Gasteiger partial charge in [0.05, 0.1) is 25.4 Å². The van der Waals surface area contributed by atoms with Crippen molar-refractivity contribution in [3.05, 3.63) is 53.6 Å². The molecule has 1 fully saturated rings. The number of benzene rings is 2. The van der Waals surface area contributed by atoms with Crippen LogP contribution in [0.2, 0.25) is 0 Å². The molecule has 0 N–H and O–H groups in total. The Morgan fingerprint density at radius 1 is 1.13 bits per heavy atom. The van der Waals surface area contributed by atoms with Crippen molar-refractivity contribution in [1.82, 2.24) is 9.88 Å². The lowest BCUT2D eigenvalue weighted by Gasteiger charge is -2.26. The Kier molecular flexibility index (Phi) is 5.86. The number of hydrogen-bond donors (Lipinski definition) is 0. The van der Waals surface area contributed by atoms with Gasteiger partial charge in [-0.1, -0.05) is 32.0 Å². The van der Waals surface area contributed by atoms with Gasteiger partial charge in [0.25, 0.3) is 0 Å². The summed E-state index contributed by atoms with van der Waals surface area (Å²) in [5.74, 6) is 1.63. The smallest absolute Gasteiger partial charge is 0.225 e. The number of pyridine rings is 1. The number of fused-ring (bicyclic) bond motifs is 1. The Hall–Kier alpha value is -3.08. The number of aromatic nitrogens is 1. The second kappa shape index (κ2) is 8.58. The van der Waals surface area contributed by atoms with Crippen LogP contribution in [0, 0.1) is 12.8 Å². The molecule has 4 rings (SSSR count). The van der Waals surface area contributed by atoms with Crippen molar-refractivity contribution in [3.8, 4) is 22.8 Å². The molecule has 1 aromatic heterocycles. The first-order valence-electron chi connectivity index (χ1n) is 10.8. The minimum absolute atomic E-state index is 0.0361. The summed E-state index contributed by atoms with van der Waals surface area (Å²) in [6.07, 6.45) is 2.13. The van der Waals surface area contributed by atoms with Crippen molar-refractivity contribution in [2.24, 2.45) is 5.92 Å². The van der Waals surface area contributed by atoms with Crippen LogP contribution in [0.15, 0.2) is 42.5 Å². The summed E-state index contributed by atoms with van der Waals surface area (Å²) in [7, 11) is 3.32. The van der Waals surface area contributed by atoms with E-state index < -0.39 is 0 Å². The zero-order valence-electron chi connectivity index (χ0n) is 18.9. The number of carbonyl (C=O) groups excluding carboxylic acids is 1. The van der Waals surface area contributed by atoms with Crippen LogP contribution in [-0.2, 0) is 11.3 Å². The zero-order valence-corrected chi connectivity index (χ0v) is 18.9. The Labute approximate surface area is 184 Å². The van der Waals surface area contributed by atoms with Crippen molar-refractivity contribution in [2.45, 2.75) is 46.2 Å². The molecule has 0 atom stereocenters. The summed E-state index contributed by atoms with van der Waals surface area (Å²) in [5, 5.41) is 1.08. The third-order valence-corrected chi connectivity index (χ3v) is 5.89. The van der Waals surface area contributed by atoms with Crippen LogP contribution < -0.4 is 9.47 Å². The SMILES string of the molecule is COc1ccc(OC)c(-c2nc3c(C)cccc3cc2CN(C(=O)C(C)C)C2CC2)c1. The molecule has 1 aliphatic rings. The van der Waals surface area contributed by atoms with Crippen LogP contribution in [0.1, 0.15) is 37.8 Å². The molecule has 5 nitrogen and oxygen atoms in total. The Balaban J connectivity index is 1.91. The maximum absolute atomic E-state index is 13.0. The molecule has 0 saturated heterocycles. The molecule has 0 radical (unpaired) electrons. The maximum Gasteiger partial charge on any atom is 0.225 e. The molecule has 1 aliphatic carbocycles. The Morgan fingerprint density at radius 3 is 2.55 bits per heavy atom. The summed E-state index contributed by atoms with van der Waals surface area (Å²) in [6, 6.07) is 14.4. The first-order valence-corrected chi connectivity index (χ1v) is 10.8. The summed E-state index contributed by atoms with van der Waals surface area (Å²) >= 11 is 0. The lowest BCUT2D eigenvalue weighted by atomic mass is 10.00. The topological polar surface area (TPSA) is 51.7 Å². The number of aryl methyl sites for hydroxylation is 1. The summed E-state index contributed by atoms with van der Waals surface area (Å²) in [4.78, 5) is 20.1. The fourth-order valence-electron chi connectivity index (χ4n) is 4.03. The number of methoxy groups -OCH3 is 2. The van der Waals surface area contributed by atoms with Gasteiger partial charge in [-0.05, 0) is 55.2 Å². The third kappa shape index (κ3) is 4.22. The van der Waals surface area contributed by atoms with Crippen LogP contribution in [-0.4, -0.2) is 36.1 Å². The molecular formula is C26H30N2O3. The van der Waals surface area contributed by atoms with Crippen molar-refractivity contribution < 1.29 is 14.3 Å². The number of para-hydroxylation sites is 1. The lowest BCUT2D eigenvalue weighted by Crippen LogP contribution is -2.35. The predicted octanol–water partition coefficient (Wildman–Crippen LogP) is 5.37. The minimum atomic E-state index is -0.0361. The molecule has 1 saturated carbocycles. The largest absolute Gasteiger partial charge is 0.497 e. The van der Waals surface area contributed by atoms with E-state index in [2.05, 4.69) is 25.1 Å². The molecule has 0 spiro atoms. The van der Waals surface area contributed by atoms with E-state index in [-0.39, 0.29) is 11.8 Å². The molecular weight excluding hydrogens is 388 g/mol. The van der Waals surface area contributed by atoms with Gasteiger partial charge in [-0.2, -0.15) is 0 Å². The highest BCUT2D eigenvalue weighted by atomic mass is 16.5. The highest BCUT2D eigenvalue weighted by molar-refractivity contribution is 5.87. The Morgan fingerprint density at radius 2 is 1.90 bits per heavy atom. The molecule has 0 aliphatic heterocycles. The van der Waals surface area contributed by atoms with Crippen molar-refractivity contribution in [3.63, 3.8) is 0 Å². The van der Waals surface area contributed by atoms with E-state index in [1.54, 1.807) is 14.2 Å². The first-order chi connectivity index (χ1) is 14.9. The van der Waals surface area contributed by atoms with Crippen molar-refractivity contribution in [1.29, 1.82) is 0 Å². The molecule has 31 heavy (non-hydrogen) atoms. The van der Waals surface area contributed by atoms with E-state index >= 15 is 0 Å². The van der Waals surface area contributed by atoms with Gasteiger partial charge in [0.1, 0.15) is 11.5 Å². The van der Waals surface area contributed by atoms with Crippen LogP contribution >= 0.6 is 0 Å². The normalized spacial score (nSPS) is 13.5. The van der Waals surface area contributed by atoms with Gasteiger partial charge < -0.3 is 14.4 Å². The fourth-order valence-corrected chi connectivity index (χ4v) is 4.03. The molecule has 1 heterocycles. The molecule has 0 unspecified atom stereocenters. The molecule has 3 aromatic rings. The number of rotatable bonds is 7. The average molecular weight is 419 g/mol. The third-order valence-electron chi connectivity index (χ3n) is 5.89. The number of hydrogen-bond acceptors (Lipinski definition) is 4. The summed E-state index contributed by atoms with van der Waals surface area (Å²) in [5.41, 5.74) is 4.80. The lowest BCUT2D eigenvalue weighted by molar-refractivity contribution is -0.135. The molecule has 0 bridgehead atoms. The van der Waals surface area contributed by atoms with Crippen molar-refractivity contribution >= 4 is 16.8 Å². The van der Waals surface area contributed by atoms with E-state index in [9.17, 15) is 4.79 Å². The fraction of sp³-hybridized carbons (Fsp3) is 0.385. The van der Waals surface area contributed by atoms with Gasteiger partial charge in [0.15, 0.2) is 0 Å². The highest BCUT2D eigenvalue weighted by Crippen LogP contribution is 2.38. The van der Waals surface area contributed by atoms with Crippen LogP contribution in [0.5, 0.6) is 11.5 Å². The van der Waals surface area contributed by atoms with Gasteiger partial charge in [0, 0.05) is 29.5 Å². The van der Waals surface area contributed by atoms with Gasteiger partial charge in [-0.25, -0.2) is 4.98 Å². The minimum Gasteiger partial charge on any atom is -0.497 e. The standard InChI is InChI=1S/C26H30N2O3/c1-16(2)26(29)28(20-9-10-20)15-19-13-18-8-6-7-17(3)24(18)27-25(19)22-14-21(30-4)11-12-23(22)31-5/h6-8,11-14,16,20H,9-10,15H2,1-5H3. The maximum atomic E-state index is 13.0. The molecule has 1 amide bonds. The molecule has 162 valence electrons. The Bertz CT molecular complexity index is 1120. The second-order valence-electron chi connectivity index (χ2n) is 8.56. The number of nitrogens with zero attached hydrogens (tertiary/aromatic N) is 2. The van der Waals surface area contributed by atoms with Crippen molar-refractivity contribution in [2.75, 3.05) is 14.2 Å². The van der Waals surface area contributed by atoms with Gasteiger partial charge in [-0.15, -0.1) is 0 Å². The highest BCUT2D eigenvalue weighted by Gasteiger charge is 2.34. The quantitative estimate of drug-likeness (QED) is 0.517. The summed E-state index contributed by atoms with van der Waals surface area (Å²) in [6.45, 7) is 6.53. The first kappa shape index (κ1) is 21.2. The van der Waals surface area contributed by atoms with Gasteiger partial charge in [-0.3, -0.25) is 4.79 Å². The van der Waals surface area contributed by atoms with E-state index in [0.29, 0.717) is 12.6 Å². The monoisotopic (exact) mass is 418 g/mol. The van der Waals surface area contributed by atoms with E-state index in [1.165, 1.54) is 0 Å². The van der Waals surface area contributed by atoms with E-state index in [4.69, 9.17) is 14.5 Å². The van der Waals surface area contributed by atoms with Crippen LogP contribution in [0.4, 0.5) is 0 Å². The molecule has 2 aromatic carbocycles. The van der Waals surface area contributed by atoms with Crippen LogP contribution in [0.25, 0.3) is 22.2 Å².